The van der Waals surface area contributed by atoms with Gasteiger partial charge >= 0.3 is 0 Å². The van der Waals surface area contributed by atoms with E-state index in [0.29, 0.717) is 6.04 Å². The van der Waals surface area contributed by atoms with Gasteiger partial charge in [-0.2, -0.15) is 0 Å². The first kappa shape index (κ1) is 16.8. The monoisotopic (exact) mass is 358 g/mol. The highest BCUT2D eigenvalue weighted by molar-refractivity contribution is 7.18. The molecule has 25 heavy (non-hydrogen) atoms. The van der Waals surface area contributed by atoms with Crippen molar-refractivity contribution in [3.8, 4) is 0 Å². The molecule has 2 fully saturated rings. The number of nitrogens with zero attached hydrogens (tertiary/aromatic N) is 3. The normalized spacial score (nSPS) is 21.8. The summed E-state index contributed by atoms with van der Waals surface area (Å²) < 4.78 is 0. The fourth-order valence-corrected chi connectivity index (χ4v) is 5.02. The molecule has 2 aliphatic rings. The van der Waals surface area contributed by atoms with E-state index in [1.807, 2.05) is 0 Å². The molecule has 0 radical (unpaired) electrons. The third-order valence-corrected chi connectivity index (χ3v) is 6.69. The van der Waals surface area contributed by atoms with Crippen LogP contribution in [0.15, 0.2) is 12.4 Å². The topological polar surface area (TPSA) is 58.1 Å². The molecule has 1 saturated heterocycles. The van der Waals surface area contributed by atoms with E-state index in [1.165, 1.54) is 17.7 Å². The summed E-state index contributed by atoms with van der Waals surface area (Å²) in [6, 6.07) is 2.62. The van der Waals surface area contributed by atoms with E-state index in [0.717, 1.165) is 61.2 Å². The van der Waals surface area contributed by atoms with Gasteiger partial charge in [-0.15, -0.1) is 11.3 Å². The molecule has 0 spiro atoms. The van der Waals surface area contributed by atoms with Gasteiger partial charge in [0.15, 0.2) is 0 Å². The number of fused-ring (bicyclic) bond motifs is 1. The molecule has 3 heterocycles. The number of aromatic nitrogens is 2. The van der Waals surface area contributed by atoms with Crippen molar-refractivity contribution in [2.45, 2.75) is 57.9 Å². The molecule has 1 N–H and O–H groups in total. The van der Waals surface area contributed by atoms with Crippen LogP contribution < -0.4 is 10.2 Å². The van der Waals surface area contributed by atoms with Crippen molar-refractivity contribution in [1.82, 2.24) is 15.3 Å². The highest BCUT2D eigenvalue weighted by Crippen LogP contribution is 2.32. The van der Waals surface area contributed by atoms with Crippen LogP contribution in [0.2, 0.25) is 0 Å². The summed E-state index contributed by atoms with van der Waals surface area (Å²) in [4.78, 5) is 26.4. The summed E-state index contributed by atoms with van der Waals surface area (Å²) in [6.07, 6.45) is 9.48. The number of anilines is 1. The summed E-state index contributed by atoms with van der Waals surface area (Å²) in [5.41, 5.74) is 0. The maximum atomic E-state index is 12.7. The van der Waals surface area contributed by atoms with E-state index in [9.17, 15) is 4.79 Å². The van der Waals surface area contributed by atoms with Crippen molar-refractivity contribution >= 4 is 33.3 Å². The fraction of sp³-hybridized carbons (Fsp3) is 0.632. The van der Waals surface area contributed by atoms with Gasteiger partial charge in [-0.05, 0) is 38.2 Å². The average molecular weight is 359 g/mol. The van der Waals surface area contributed by atoms with Crippen molar-refractivity contribution < 1.29 is 4.79 Å². The fourth-order valence-electron chi connectivity index (χ4n) is 4.09. The zero-order valence-electron chi connectivity index (χ0n) is 14.8. The van der Waals surface area contributed by atoms with E-state index in [4.69, 9.17) is 0 Å². The van der Waals surface area contributed by atoms with E-state index >= 15 is 0 Å². The Morgan fingerprint density at radius 2 is 2.12 bits per heavy atom. The number of hydrogen-bond donors (Lipinski definition) is 1. The third kappa shape index (κ3) is 3.50. The Bertz CT molecular complexity index is 753. The average Bonchev–Trinajstić information content (AvgIpc) is 3.30. The highest BCUT2D eigenvalue weighted by atomic mass is 32.1. The summed E-state index contributed by atoms with van der Waals surface area (Å²) in [5.74, 6) is 1.31. The highest BCUT2D eigenvalue weighted by Gasteiger charge is 2.29. The summed E-state index contributed by atoms with van der Waals surface area (Å²) in [5, 5.41) is 4.41. The lowest BCUT2D eigenvalue weighted by Gasteiger charge is -2.33. The Morgan fingerprint density at radius 1 is 1.28 bits per heavy atom. The molecule has 0 aromatic carbocycles. The van der Waals surface area contributed by atoms with Crippen LogP contribution in [0, 0.1) is 5.92 Å². The van der Waals surface area contributed by atoms with Crippen molar-refractivity contribution in [3.63, 3.8) is 0 Å². The molecule has 1 aliphatic heterocycles. The van der Waals surface area contributed by atoms with Gasteiger partial charge in [0, 0.05) is 24.0 Å². The number of thiophene rings is 1. The van der Waals surface area contributed by atoms with Crippen LogP contribution in [-0.2, 0) is 11.2 Å². The second-order valence-corrected chi connectivity index (χ2v) is 8.37. The maximum absolute atomic E-state index is 12.7. The van der Waals surface area contributed by atoms with Gasteiger partial charge in [0.2, 0.25) is 5.91 Å². The zero-order chi connectivity index (χ0) is 17.2. The zero-order valence-corrected chi connectivity index (χ0v) is 15.6. The molecule has 2 aromatic heterocycles. The van der Waals surface area contributed by atoms with Gasteiger partial charge in [-0.1, -0.05) is 19.8 Å². The van der Waals surface area contributed by atoms with Crippen molar-refractivity contribution in [1.29, 1.82) is 0 Å². The molecule has 1 atom stereocenters. The lowest BCUT2D eigenvalue weighted by molar-refractivity contribution is -0.125. The summed E-state index contributed by atoms with van der Waals surface area (Å²) in [6.45, 7) is 3.90. The minimum Gasteiger partial charge on any atom is -0.355 e. The first-order chi connectivity index (χ1) is 12.2. The molecule has 1 aliphatic carbocycles. The van der Waals surface area contributed by atoms with Crippen LogP contribution in [0.1, 0.15) is 50.3 Å². The standard InChI is InChI=1S/C19H26N4OS/c1-2-15-10-16-17(20-12-21-19(16)25-15)23-9-5-6-13(11-23)18(24)22-14-7-3-4-8-14/h10,12-14H,2-9,11H2,1H3,(H,22,24)/t13-/m0/s1. The molecule has 1 amide bonds. The number of rotatable bonds is 4. The molecular weight excluding hydrogens is 332 g/mol. The summed E-state index contributed by atoms with van der Waals surface area (Å²) in [7, 11) is 0. The van der Waals surface area contributed by atoms with Crippen molar-refractivity contribution in [2.75, 3.05) is 18.0 Å². The Labute approximate surface area is 152 Å². The minimum atomic E-state index is 0.0728. The van der Waals surface area contributed by atoms with E-state index < -0.39 is 0 Å². The van der Waals surface area contributed by atoms with Crippen LogP contribution >= 0.6 is 11.3 Å². The first-order valence-electron chi connectivity index (χ1n) is 9.53. The van der Waals surface area contributed by atoms with E-state index in [2.05, 4.69) is 33.2 Å². The van der Waals surface area contributed by atoms with Gasteiger partial charge in [0.1, 0.15) is 17.0 Å². The Balaban J connectivity index is 1.51. The van der Waals surface area contributed by atoms with Gasteiger partial charge in [-0.3, -0.25) is 4.79 Å². The van der Waals surface area contributed by atoms with Gasteiger partial charge in [0.25, 0.3) is 0 Å². The molecular formula is C19H26N4OS. The number of aryl methyl sites for hydroxylation is 1. The molecule has 4 rings (SSSR count). The predicted octanol–water partition coefficient (Wildman–Crippen LogP) is 3.53. The number of piperidine rings is 1. The van der Waals surface area contributed by atoms with E-state index in [1.54, 1.807) is 17.7 Å². The number of amides is 1. The minimum absolute atomic E-state index is 0.0728. The van der Waals surface area contributed by atoms with Crippen LogP contribution in [0.3, 0.4) is 0 Å². The third-order valence-electron chi connectivity index (χ3n) is 5.50. The number of carbonyl (C=O) groups is 1. The number of carbonyl (C=O) groups excluding carboxylic acids is 1. The Hall–Kier alpha value is -1.69. The molecule has 1 saturated carbocycles. The SMILES string of the molecule is CCc1cc2c(N3CCC[C@H](C(=O)NC4CCCC4)C3)ncnc2s1. The first-order valence-corrected chi connectivity index (χ1v) is 10.3. The van der Waals surface area contributed by atoms with Crippen molar-refractivity contribution in [2.24, 2.45) is 5.92 Å². The molecule has 5 nitrogen and oxygen atoms in total. The molecule has 134 valence electrons. The van der Waals surface area contributed by atoms with E-state index in [-0.39, 0.29) is 11.8 Å². The number of nitrogens with one attached hydrogen (secondary N) is 1. The van der Waals surface area contributed by atoms with Gasteiger partial charge in [-0.25, -0.2) is 9.97 Å². The lowest BCUT2D eigenvalue weighted by atomic mass is 9.96. The quantitative estimate of drug-likeness (QED) is 0.908. The molecule has 2 aromatic rings. The van der Waals surface area contributed by atoms with Crippen molar-refractivity contribution in [3.05, 3.63) is 17.3 Å². The van der Waals surface area contributed by atoms with Crippen LogP contribution in [0.4, 0.5) is 5.82 Å². The predicted molar refractivity (Wildman–Crippen MR) is 102 cm³/mol. The molecule has 0 bridgehead atoms. The largest absolute Gasteiger partial charge is 0.355 e. The van der Waals surface area contributed by atoms with Crippen LogP contribution in [0.25, 0.3) is 10.2 Å². The summed E-state index contributed by atoms with van der Waals surface area (Å²) >= 11 is 1.75. The van der Waals surface area contributed by atoms with Crippen LogP contribution in [0.5, 0.6) is 0 Å². The van der Waals surface area contributed by atoms with Gasteiger partial charge in [0.05, 0.1) is 11.3 Å². The Morgan fingerprint density at radius 3 is 2.92 bits per heavy atom. The lowest BCUT2D eigenvalue weighted by Crippen LogP contribution is -2.45. The maximum Gasteiger partial charge on any atom is 0.225 e. The van der Waals surface area contributed by atoms with Gasteiger partial charge < -0.3 is 10.2 Å². The molecule has 6 heteroatoms. The smallest absolute Gasteiger partial charge is 0.225 e. The number of hydrogen-bond acceptors (Lipinski definition) is 5. The second-order valence-electron chi connectivity index (χ2n) is 7.26. The molecule has 0 unspecified atom stereocenters. The second kappa shape index (κ2) is 7.28. The van der Waals surface area contributed by atoms with Crippen LogP contribution in [-0.4, -0.2) is 35.0 Å². The Kier molecular flexibility index (Phi) is 4.88.